The van der Waals surface area contributed by atoms with E-state index in [-0.39, 0.29) is 24.7 Å². The monoisotopic (exact) mass is 920 g/mol. The predicted octanol–water partition coefficient (Wildman–Crippen LogP) is 11.0. The molecule has 1 atom stereocenters. The number of aliphatic hydroxyl groups is 1. The Morgan fingerprint density at radius 2 is 0.787 bits per heavy atom. The molecule has 0 fully saturated rings. The molecule has 0 saturated heterocycles. The number of ether oxygens (including phenoxy) is 5. The first-order valence-corrected chi connectivity index (χ1v) is 19.0. The third-order valence-corrected chi connectivity index (χ3v) is 10.1. The fourth-order valence-corrected chi connectivity index (χ4v) is 4.23. The minimum absolute atomic E-state index is 0.110. The van der Waals surface area contributed by atoms with Gasteiger partial charge in [-0.1, -0.05) is 48.5 Å². The highest BCUT2D eigenvalue weighted by atomic mass is 19.4. The van der Waals surface area contributed by atoms with Crippen LogP contribution in [0.25, 0.3) is 0 Å². The number of halogens is 12. The molecular weight excluding hydrogens is 856 g/mol. The molecule has 1 N–H and O–H groups in total. The number of carbonyl (C=O) groups is 4. The summed E-state index contributed by atoms with van der Waals surface area (Å²) in [6.45, 7) is 21.7. The first-order chi connectivity index (χ1) is 26.6. The quantitative estimate of drug-likeness (QED) is 0.0732. The molecule has 22 heteroatoms. The number of hydrogen-bond donors (Lipinski definition) is 1. The zero-order valence-corrected chi connectivity index (χ0v) is 38.0. The van der Waals surface area contributed by atoms with Crippen molar-refractivity contribution < 1.29 is 101 Å². The molecule has 0 aromatic carbocycles. The summed E-state index contributed by atoms with van der Waals surface area (Å²) in [6.07, 6.45) is -23.7. The first kappa shape index (κ1) is 62.3. The largest absolute Gasteiger partial charge is 0.455 e. The first-order valence-electron chi connectivity index (χ1n) is 19.0. The minimum Gasteiger partial charge on any atom is -0.455 e. The molecule has 0 aromatic rings. The lowest BCUT2D eigenvalue weighted by Gasteiger charge is -2.46. The molecule has 0 aliphatic carbocycles. The highest BCUT2D eigenvalue weighted by Crippen LogP contribution is 2.54. The Bertz CT molecular complexity index is 1410. The number of methoxy groups -OCH3 is 1. The minimum atomic E-state index is -6.09. The lowest BCUT2D eigenvalue weighted by Crippen LogP contribution is -2.72. The van der Waals surface area contributed by atoms with Gasteiger partial charge in [0.05, 0.1) is 22.2 Å². The Balaban J connectivity index is -0.000000865. The molecule has 1 unspecified atom stereocenters. The van der Waals surface area contributed by atoms with Crippen LogP contribution in [0.2, 0.25) is 0 Å². The van der Waals surface area contributed by atoms with Gasteiger partial charge < -0.3 is 28.8 Å². The summed E-state index contributed by atoms with van der Waals surface area (Å²) in [5.41, 5.74) is -19.7. The molecule has 10 nitrogen and oxygen atoms in total. The van der Waals surface area contributed by atoms with Crippen LogP contribution in [0.5, 0.6) is 0 Å². The molecule has 0 aliphatic heterocycles. The maximum absolute atomic E-state index is 13.6. The van der Waals surface area contributed by atoms with E-state index < -0.39 is 93.5 Å². The van der Waals surface area contributed by atoms with Crippen molar-refractivity contribution in [3.63, 3.8) is 0 Å². The molecule has 61 heavy (non-hydrogen) atoms. The van der Waals surface area contributed by atoms with Gasteiger partial charge in [-0.3, -0.25) is 19.2 Å². The van der Waals surface area contributed by atoms with E-state index in [4.69, 9.17) is 9.47 Å². The zero-order chi connectivity index (χ0) is 50.2. The normalized spacial score (nSPS) is 14.6. The fourth-order valence-electron chi connectivity index (χ4n) is 4.23. The van der Waals surface area contributed by atoms with Gasteiger partial charge in [-0.05, 0) is 88.5 Å². The Labute approximate surface area is 350 Å². The SMILES string of the molecule is CCC(C)(C)C(=O)OC(C)(C)C(O)(C(F)(F)F)C(F)(F)F.CCC(C)(C)C(=O)OC(C)(C)C(OC(=O)C(C)C)(C(F)(F)F)C(F)(F)F.CCC(C)(C)C(=O)OC(OC)C(C)C. The van der Waals surface area contributed by atoms with Crippen molar-refractivity contribution in [3.8, 4) is 0 Å². The molecular formula is C39H64F12O10. The van der Waals surface area contributed by atoms with Crippen molar-refractivity contribution in [1.82, 2.24) is 0 Å². The maximum atomic E-state index is 13.6. The zero-order valence-electron chi connectivity index (χ0n) is 38.0. The molecule has 0 spiro atoms. The van der Waals surface area contributed by atoms with E-state index in [1.807, 2.05) is 34.6 Å². The number of rotatable bonds is 15. The van der Waals surface area contributed by atoms with Gasteiger partial charge in [-0.25, -0.2) is 0 Å². The second-order valence-electron chi connectivity index (χ2n) is 17.7. The van der Waals surface area contributed by atoms with Crippen LogP contribution in [0.1, 0.15) is 137 Å². The van der Waals surface area contributed by atoms with Crippen LogP contribution in [-0.4, -0.2) is 89.5 Å². The smallest absolute Gasteiger partial charge is 0.441 e. The van der Waals surface area contributed by atoms with E-state index in [9.17, 15) is 77.0 Å². The number of hydrogen-bond acceptors (Lipinski definition) is 10. The van der Waals surface area contributed by atoms with E-state index >= 15 is 0 Å². The van der Waals surface area contributed by atoms with Gasteiger partial charge >= 0.3 is 54.2 Å². The molecule has 364 valence electrons. The lowest BCUT2D eigenvalue weighted by molar-refractivity contribution is -0.409. The Morgan fingerprint density at radius 1 is 0.492 bits per heavy atom. The average Bonchev–Trinajstić information content (AvgIpc) is 3.06. The summed E-state index contributed by atoms with van der Waals surface area (Å²) < 4.78 is 182. The summed E-state index contributed by atoms with van der Waals surface area (Å²) >= 11 is 0. The number of carbonyl (C=O) groups excluding carboxylic acids is 4. The highest BCUT2D eigenvalue weighted by Gasteiger charge is 2.83. The summed E-state index contributed by atoms with van der Waals surface area (Å²) in [6, 6.07) is 0. The van der Waals surface area contributed by atoms with Crippen LogP contribution in [0.4, 0.5) is 52.7 Å². The third kappa shape index (κ3) is 15.0. The molecule has 0 aliphatic rings. The van der Waals surface area contributed by atoms with Gasteiger partial charge in [0.1, 0.15) is 0 Å². The second-order valence-corrected chi connectivity index (χ2v) is 17.7. The van der Waals surface area contributed by atoms with Crippen molar-refractivity contribution in [3.05, 3.63) is 0 Å². The summed E-state index contributed by atoms with van der Waals surface area (Å²) in [5.74, 6) is -5.54. The molecule has 0 saturated carbocycles. The molecule has 0 amide bonds. The average molecular weight is 921 g/mol. The Kier molecular flexibility index (Phi) is 21.5. The van der Waals surface area contributed by atoms with Crippen molar-refractivity contribution in [2.24, 2.45) is 28.1 Å². The maximum Gasteiger partial charge on any atom is 0.441 e. The Hall–Kier alpha value is -3.04. The predicted molar refractivity (Wildman–Crippen MR) is 197 cm³/mol. The van der Waals surface area contributed by atoms with Crippen molar-refractivity contribution >= 4 is 23.9 Å². The molecule has 0 heterocycles. The van der Waals surface area contributed by atoms with Crippen LogP contribution in [0.15, 0.2) is 0 Å². The lowest BCUT2D eigenvalue weighted by atomic mass is 9.82. The van der Waals surface area contributed by atoms with Gasteiger partial charge in [-0.2, -0.15) is 52.7 Å². The van der Waals surface area contributed by atoms with Gasteiger partial charge in [0.25, 0.3) is 5.60 Å². The summed E-state index contributed by atoms with van der Waals surface area (Å²) in [4.78, 5) is 47.2. The van der Waals surface area contributed by atoms with Gasteiger partial charge in [-0.15, -0.1) is 0 Å². The van der Waals surface area contributed by atoms with Crippen molar-refractivity contribution in [2.75, 3.05) is 7.11 Å². The third-order valence-electron chi connectivity index (χ3n) is 10.1. The van der Waals surface area contributed by atoms with E-state index in [2.05, 4.69) is 14.2 Å². The second kappa shape index (κ2) is 21.1. The fraction of sp³-hybridized carbons (Fsp3) is 0.897. The van der Waals surface area contributed by atoms with E-state index in [1.54, 1.807) is 7.11 Å². The van der Waals surface area contributed by atoms with Crippen LogP contribution < -0.4 is 0 Å². The van der Waals surface area contributed by atoms with Gasteiger partial charge in [0.15, 0.2) is 11.2 Å². The van der Waals surface area contributed by atoms with Crippen LogP contribution in [0.3, 0.4) is 0 Å². The molecule has 0 radical (unpaired) electrons. The highest BCUT2D eigenvalue weighted by molar-refractivity contribution is 5.77. The topological polar surface area (TPSA) is 135 Å². The van der Waals surface area contributed by atoms with Gasteiger partial charge in [0.2, 0.25) is 6.29 Å². The number of esters is 4. The summed E-state index contributed by atoms with van der Waals surface area (Å²) in [5, 5.41) is 9.27. The van der Waals surface area contributed by atoms with Crippen LogP contribution in [0, 0.1) is 28.1 Å². The van der Waals surface area contributed by atoms with Crippen molar-refractivity contribution in [2.45, 2.75) is 190 Å². The van der Waals surface area contributed by atoms with Gasteiger partial charge in [0, 0.05) is 13.0 Å². The molecule has 0 aromatic heterocycles. The molecule has 0 rings (SSSR count). The van der Waals surface area contributed by atoms with Crippen LogP contribution >= 0.6 is 0 Å². The van der Waals surface area contributed by atoms with E-state index in [0.717, 1.165) is 20.3 Å². The number of alkyl halides is 12. The van der Waals surface area contributed by atoms with Crippen LogP contribution in [-0.2, 0) is 42.9 Å². The van der Waals surface area contributed by atoms with E-state index in [0.29, 0.717) is 27.7 Å². The standard InChI is InChI=1S/C16H24F6O4.C12H18F6O3.C11H22O3/c1-8-12(4,5)11(24)26-13(6,7)14(15(17,18)19,16(20,21)22)25-10(23)9(2)3;1-6-8(2,3)7(19)21-9(4,5)10(20,11(13,14)15)12(16,17)18;1-7-11(4,5)10(12)14-9(13-6)8(2)3/h9H,8H2,1-7H3;20H,6H2,1-5H3;8-9H,7H2,1-6H3. The van der Waals surface area contributed by atoms with E-state index in [1.165, 1.54) is 41.5 Å². The summed E-state index contributed by atoms with van der Waals surface area (Å²) in [7, 11) is 1.55. The Morgan fingerprint density at radius 3 is 1.02 bits per heavy atom. The van der Waals surface area contributed by atoms with Crippen molar-refractivity contribution in [1.29, 1.82) is 0 Å². The molecule has 0 bridgehead atoms.